The van der Waals surface area contributed by atoms with Crippen molar-refractivity contribution in [3.05, 3.63) is 24.3 Å². The van der Waals surface area contributed by atoms with Gasteiger partial charge in [-0.05, 0) is 56.2 Å². The Morgan fingerprint density at radius 3 is 2.39 bits per heavy atom. The van der Waals surface area contributed by atoms with Crippen LogP contribution in [0.3, 0.4) is 0 Å². The summed E-state index contributed by atoms with van der Waals surface area (Å²) in [5.74, 6) is 0.0213. The Labute approximate surface area is 203 Å². The zero-order valence-corrected chi connectivity index (χ0v) is 22.8. The average Bonchev–Trinajstić information content (AvgIpc) is 3.11. The van der Waals surface area contributed by atoms with E-state index in [1.165, 1.54) is 7.11 Å². The maximum absolute atomic E-state index is 11.3. The average molecular weight is 483 g/mol. The van der Waals surface area contributed by atoms with Crippen LogP contribution in [0.4, 0.5) is 0 Å². The SMILES string of the molecule is CCCCC[C@@H](O)/C=C/[C@@H]1[C@H](C/C=C\CCCC(=O)OC)[C@H](O)C[C@@H]1O[Si](CC)(CC)CC. The maximum atomic E-state index is 11.3. The molecule has 0 radical (unpaired) electrons. The summed E-state index contributed by atoms with van der Waals surface area (Å²) >= 11 is 0. The van der Waals surface area contributed by atoms with Crippen molar-refractivity contribution in [1.29, 1.82) is 0 Å². The number of hydrogen-bond donors (Lipinski definition) is 2. The van der Waals surface area contributed by atoms with Crippen LogP contribution in [0.25, 0.3) is 0 Å². The number of ether oxygens (including phenoxy) is 1. The third-order valence-corrected chi connectivity index (χ3v) is 12.1. The van der Waals surface area contributed by atoms with Crippen LogP contribution in [-0.2, 0) is 14.0 Å². The molecular weight excluding hydrogens is 432 g/mol. The molecule has 1 fully saturated rings. The number of carbonyl (C=O) groups excluding carboxylic acids is 1. The molecule has 0 bridgehead atoms. The van der Waals surface area contributed by atoms with Crippen molar-refractivity contribution in [2.24, 2.45) is 11.8 Å². The van der Waals surface area contributed by atoms with Crippen LogP contribution < -0.4 is 0 Å². The predicted octanol–water partition coefficient (Wildman–Crippen LogP) is 6.16. The lowest BCUT2D eigenvalue weighted by molar-refractivity contribution is -0.140. The fourth-order valence-electron chi connectivity index (χ4n) is 4.92. The van der Waals surface area contributed by atoms with Gasteiger partial charge in [-0.25, -0.2) is 0 Å². The summed E-state index contributed by atoms with van der Waals surface area (Å²) in [6.45, 7) is 8.88. The molecule has 0 saturated heterocycles. The van der Waals surface area contributed by atoms with Crippen molar-refractivity contribution < 1.29 is 24.2 Å². The third-order valence-electron chi connectivity index (χ3n) is 7.44. The van der Waals surface area contributed by atoms with Gasteiger partial charge in [-0.15, -0.1) is 0 Å². The lowest BCUT2D eigenvalue weighted by atomic mass is 9.89. The summed E-state index contributed by atoms with van der Waals surface area (Å²) in [6.07, 6.45) is 15.1. The van der Waals surface area contributed by atoms with E-state index < -0.39 is 20.5 Å². The van der Waals surface area contributed by atoms with E-state index >= 15 is 0 Å². The zero-order chi connectivity index (χ0) is 24.7. The molecule has 1 aliphatic carbocycles. The molecule has 6 heteroatoms. The highest BCUT2D eigenvalue weighted by Crippen LogP contribution is 2.41. The molecule has 0 amide bonds. The van der Waals surface area contributed by atoms with E-state index in [1.807, 2.05) is 6.08 Å². The van der Waals surface area contributed by atoms with E-state index in [2.05, 4.69) is 50.7 Å². The second kappa shape index (κ2) is 16.6. The summed E-state index contributed by atoms with van der Waals surface area (Å²) in [4.78, 5) is 11.3. The van der Waals surface area contributed by atoms with Gasteiger partial charge in [0, 0.05) is 12.3 Å². The first-order valence-corrected chi connectivity index (χ1v) is 15.8. The van der Waals surface area contributed by atoms with Gasteiger partial charge in [-0.1, -0.05) is 71.3 Å². The number of aliphatic hydroxyl groups excluding tert-OH is 2. The number of allylic oxidation sites excluding steroid dienone is 2. The smallest absolute Gasteiger partial charge is 0.305 e. The van der Waals surface area contributed by atoms with E-state index in [4.69, 9.17) is 4.43 Å². The largest absolute Gasteiger partial charge is 0.469 e. The van der Waals surface area contributed by atoms with Gasteiger partial charge in [-0.3, -0.25) is 4.79 Å². The number of esters is 1. The first-order valence-electron chi connectivity index (χ1n) is 13.3. The Morgan fingerprint density at radius 1 is 1.09 bits per heavy atom. The molecule has 0 aromatic carbocycles. The monoisotopic (exact) mass is 482 g/mol. The van der Waals surface area contributed by atoms with Gasteiger partial charge in [0.05, 0.1) is 25.4 Å². The van der Waals surface area contributed by atoms with Crippen LogP contribution in [0.5, 0.6) is 0 Å². The number of rotatable bonds is 17. The van der Waals surface area contributed by atoms with Gasteiger partial charge >= 0.3 is 5.97 Å². The Bertz CT molecular complexity index is 579. The van der Waals surface area contributed by atoms with Crippen molar-refractivity contribution in [3.63, 3.8) is 0 Å². The molecular formula is C27H50O5Si. The Balaban J connectivity index is 2.87. The van der Waals surface area contributed by atoms with Crippen molar-refractivity contribution in [3.8, 4) is 0 Å². The summed E-state index contributed by atoms with van der Waals surface area (Å²) in [7, 11) is -0.382. The van der Waals surface area contributed by atoms with Crippen molar-refractivity contribution in [2.45, 2.75) is 122 Å². The Morgan fingerprint density at radius 2 is 1.79 bits per heavy atom. The topological polar surface area (TPSA) is 76.0 Å². The quantitative estimate of drug-likeness (QED) is 0.112. The van der Waals surface area contributed by atoms with Gasteiger partial charge in [0.1, 0.15) is 0 Å². The summed E-state index contributed by atoms with van der Waals surface area (Å²) in [5, 5.41) is 21.4. The lowest BCUT2D eigenvalue weighted by Gasteiger charge is -2.34. The molecule has 1 saturated carbocycles. The molecule has 5 nitrogen and oxygen atoms in total. The third kappa shape index (κ3) is 10.5. The molecule has 0 unspecified atom stereocenters. The Kier molecular flexibility index (Phi) is 15.2. The highest BCUT2D eigenvalue weighted by Gasteiger charge is 2.44. The predicted molar refractivity (Wildman–Crippen MR) is 139 cm³/mol. The minimum Gasteiger partial charge on any atom is -0.469 e. The van der Waals surface area contributed by atoms with E-state index in [9.17, 15) is 15.0 Å². The van der Waals surface area contributed by atoms with Gasteiger partial charge in [0.25, 0.3) is 0 Å². The second-order valence-corrected chi connectivity index (χ2v) is 14.3. The van der Waals surface area contributed by atoms with Crippen LogP contribution >= 0.6 is 0 Å². The van der Waals surface area contributed by atoms with E-state index in [-0.39, 0.29) is 23.9 Å². The molecule has 0 aromatic heterocycles. The number of carbonyl (C=O) groups is 1. The standard InChI is InChI=1S/C27H50O5Si/c1-6-10-13-16-22(28)19-20-24-23(17-14-11-12-15-18-27(30)31-5)25(29)21-26(24)32-33(7-2,8-3)9-4/h11,14,19-20,22-26,28-29H,6-10,12-13,15-18,21H2,1-5H3/b14-11-,20-19+/t22-,23+,24-,25-,26+/m1/s1. The Hall–Kier alpha value is -0.953. The molecule has 1 rings (SSSR count). The van der Waals surface area contributed by atoms with Gasteiger partial charge in [-0.2, -0.15) is 0 Å². The van der Waals surface area contributed by atoms with Gasteiger partial charge in [0.2, 0.25) is 0 Å². The summed E-state index contributed by atoms with van der Waals surface area (Å²) in [5.41, 5.74) is 0. The highest BCUT2D eigenvalue weighted by atomic mass is 28.4. The minimum atomic E-state index is -1.80. The van der Waals surface area contributed by atoms with Crippen molar-refractivity contribution >= 4 is 14.3 Å². The fourth-order valence-corrected chi connectivity index (χ4v) is 7.82. The van der Waals surface area contributed by atoms with Crippen molar-refractivity contribution in [2.75, 3.05) is 7.11 Å². The van der Waals surface area contributed by atoms with Crippen LogP contribution in [0.15, 0.2) is 24.3 Å². The van der Waals surface area contributed by atoms with E-state index in [0.717, 1.165) is 63.1 Å². The molecule has 5 atom stereocenters. The first-order chi connectivity index (χ1) is 15.9. The molecule has 2 N–H and O–H groups in total. The van der Waals surface area contributed by atoms with Crippen LogP contribution in [-0.4, -0.2) is 49.9 Å². The fraction of sp³-hybridized carbons (Fsp3) is 0.815. The molecule has 0 aromatic rings. The lowest BCUT2D eigenvalue weighted by Crippen LogP contribution is -2.41. The van der Waals surface area contributed by atoms with Gasteiger partial charge < -0.3 is 19.4 Å². The first kappa shape index (κ1) is 30.1. The maximum Gasteiger partial charge on any atom is 0.305 e. The van der Waals surface area contributed by atoms with Crippen LogP contribution in [0.2, 0.25) is 18.1 Å². The molecule has 33 heavy (non-hydrogen) atoms. The van der Waals surface area contributed by atoms with E-state index in [1.54, 1.807) is 0 Å². The number of hydrogen-bond acceptors (Lipinski definition) is 5. The molecule has 192 valence electrons. The second-order valence-electron chi connectivity index (χ2n) is 9.57. The molecule has 0 heterocycles. The van der Waals surface area contributed by atoms with Crippen LogP contribution in [0.1, 0.15) is 85.5 Å². The zero-order valence-electron chi connectivity index (χ0n) is 21.8. The molecule has 1 aliphatic rings. The number of methoxy groups -OCH3 is 1. The number of unbranched alkanes of at least 4 members (excludes halogenated alkanes) is 3. The normalized spacial score (nSPS) is 24.7. The minimum absolute atomic E-state index is 0.0170. The van der Waals surface area contributed by atoms with Gasteiger partial charge in [0.15, 0.2) is 8.32 Å². The number of aliphatic hydroxyl groups is 2. The summed E-state index contributed by atoms with van der Waals surface area (Å²) < 4.78 is 11.5. The van der Waals surface area contributed by atoms with Crippen molar-refractivity contribution in [1.82, 2.24) is 0 Å². The van der Waals surface area contributed by atoms with Crippen LogP contribution in [0, 0.1) is 11.8 Å². The molecule has 0 spiro atoms. The summed E-state index contributed by atoms with van der Waals surface area (Å²) in [6, 6.07) is 3.27. The molecule has 0 aliphatic heterocycles. The van der Waals surface area contributed by atoms with E-state index in [0.29, 0.717) is 12.8 Å². The highest BCUT2D eigenvalue weighted by molar-refractivity contribution is 6.73.